The minimum absolute atomic E-state index is 0.0287. The highest BCUT2D eigenvalue weighted by molar-refractivity contribution is 9.10. The van der Waals surface area contributed by atoms with Crippen molar-refractivity contribution < 1.29 is 8.42 Å². The Balaban J connectivity index is 2.33. The quantitative estimate of drug-likeness (QED) is 0.417. The Labute approximate surface area is 122 Å². The zero-order chi connectivity index (χ0) is 14.8. The lowest BCUT2D eigenvalue weighted by molar-refractivity contribution is 0.560. The van der Waals surface area contributed by atoms with Gasteiger partial charge in [0.05, 0.1) is 6.04 Å². The van der Waals surface area contributed by atoms with Gasteiger partial charge in [0.25, 0.3) is 0 Å². The second-order valence-corrected chi connectivity index (χ2v) is 6.36. The Morgan fingerprint density at radius 2 is 2.25 bits per heavy atom. The maximum absolute atomic E-state index is 12.3. The third-order valence-electron chi connectivity index (χ3n) is 2.33. The number of nitrogens with zero attached hydrogens (tertiary/aromatic N) is 4. The molecule has 108 valence electrons. The first-order valence-electron chi connectivity index (χ1n) is 5.32. The Hall–Kier alpha value is -1.63. The molecule has 0 bridgehead atoms. The summed E-state index contributed by atoms with van der Waals surface area (Å²) in [5.41, 5.74) is 2.24. The van der Waals surface area contributed by atoms with Crippen LogP contribution in [0.1, 0.15) is 18.8 Å². The molecular formula is C8H11BrN8O2S. The summed E-state index contributed by atoms with van der Waals surface area (Å²) in [6.07, 6.45) is 1.43. The monoisotopic (exact) mass is 362 g/mol. The number of nitrogens with one attached hydrogen (secondary N) is 3. The first-order chi connectivity index (χ1) is 9.44. The summed E-state index contributed by atoms with van der Waals surface area (Å²) in [5.74, 6) is 5.51. The molecule has 1 unspecified atom stereocenters. The molecule has 0 aliphatic heterocycles. The van der Waals surface area contributed by atoms with E-state index in [9.17, 15) is 8.42 Å². The van der Waals surface area contributed by atoms with Crippen LogP contribution in [0.25, 0.3) is 0 Å². The van der Waals surface area contributed by atoms with Crippen LogP contribution in [0.5, 0.6) is 0 Å². The summed E-state index contributed by atoms with van der Waals surface area (Å²) >= 11 is 3.16. The molecule has 2 aromatic rings. The third kappa shape index (κ3) is 3.09. The lowest BCUT2D eigenvalue weighted by atomic mass is 10.4. The Morgan fingerprint density at radius 1 is 1.50 bits per heavy atom. The molecule has 10 nitrogen and oxygen atoms in total. The van der Waals surface area contributed by atoms with Gasteiger partial charge >= 0.3 is 0 Å². The SMILES string of the molecule is CC(NS(=O)(=O)c1cc(Br)cnc1NN)c1nn[nH]n1. The number of hydrogen-bond donors (Lipinski definition) is 4. The van der Waals surface area contributed by atoms with E-state index >= 15 is 0 Å². The van der Waals surface area contributed by atoms with E-state index in [-0.39, 0.29) is 16.5 Å². The van der Waals surface area contributed by atoms with Crippen molar-refractivity contribution in [3.8, 4) is 0 Å². The van der Waals surface area contributed by atoms with E-state index in [4.69, 9.17) is 5.84 Å². The lowest BCUT2D eigenvalue weighted by Gasteiger charge is -2.13. The van der Waals surface area contributed by atoms with Gasteiger partial charge in [-0.2, -0.15) is 5.21 Å². The maximum Gasteiger partial charge on any atom is 0.244 e. The van der Waals surface area contributed by atoms with Crippen molar-refractivity contribution in [3.63, 3.8) is 0 Å². The Bertz CT molecular complexity index is 689. The number of tetrazole rings is 1. The van der Waals surface area contributed by atoms with Crippen LogP contribution < -0.4 is 16.0 Å². The van der Waals surface area contributed by atoms with Crippen molar-refractivity contribution >= 4 is 31.8 Å². The molecule has 0 saturated carbocycles. The van der Waals surface area contributed by atoms with Crippen molar-refractivity contribution in [1.82, 2.24) is 30.3 Å². The summed E-state index contributed by atoms with van der Waals surface area (Å²) in [6, 6.07) is 0.719. The largest absolute Gasteiger partial charge is 0.307 e. The average Bonchev–Trinajstić information content (AvgIpc) is 2.92. The fraction of sp³-hybridized carbons (Fsp3) is 0.250. The van der Waals surface area contributed by atoms with E-state index in [2.05, 4.69) is 51.7 Å². The normalized spacial score (nSPS) is 13.2. The molecule has 0 radical (unpaired) electrons. The van der Waals surface area contributed by atoms with Gasteiger partial charge in [0.2, 0.25) is 10.0 Å². The molecule has 0 saturated heterocycles. The molecule has 0 spiro atoms. The molecule has 2 aromatic heterocycles. The van der Waals surface area contributed by atoms with Gasteiger partial charge in [-0.25, -0.2) is 24.0 Å². The highest BCUT2D eigenvalue weighted by Gasteiger charge is 2.24. The number of H-pyrrole nitrogens is 1. The number of aromatic nitrogens is 5. The number of nitrogens with two attached hydrogens (primary N) is 1. The molecule has 0 aliphatic rings. The number of hydrazine groups is 1. The van der Waals surface area contributed by atoms with E-state index in [0.29, 0.717) is 4.47 Å². The van der Waals surface area contributed by atoms with E-state index in [1.54, 1.807) is 6.92 Å². The lowest BCUT2D eigenvalue weighted by Crippen LogP contribution is -2.29. The van der Waals surface area contributed by atoms with E-state index < -0.39 is 16.1 Å². The van der Waals surface area contributed by atoms with Gasteiger partial charge in [-0.3, -0.25) is 0 Å². The van der Waals surface area contributed by atoms with Crippen LogP contribution in [-0.2, 0) is 10.0 Å². The van der Waals surface area contributed by atoms with Gasteiger partial charge in [0.15, 0.2) is 11.6 Å². The minimum Gasteiger partial charge on any atom is -0.307 e. The fourth-order valence-electron chi connectivity index (χ4n) is 1.44. The van der Waals surface area contributed by atoms with Gasteiger partial charge in [-0.05, 0) is 28.9 Å². The van der Waals surface area contributed by atoms with Crippen molar-refractivity contribution in [1.29, 1.82) is 0 Å². The van der Waals surface area contributed by atoms with Crippen LogP contribution in [0.4, 0.5) is 5.82 Å². The zero-order valence-electron chi connectivity index (χ0n) is 10.2. The van der Waals surface area contributed by atoms with Gasteiger partial charge in [-0.15, -0.1) is 10.2 Å². The summed E-state index contributed by atoms with van der Waals surface area (Å²) in [4.78, 5) is 3.79. The number of aromatic amines is 1. The zero-order valence-corrected chi connectivity index (χ0v) is 12.6. The molecule has 0 amide bonds. The smallest absolute Gasteiger partial charge is 0.244 e. The molecule has 5 N–H and O–H groups in total. The standard InChI is InChI=1S/C8H11BrN8O2S/c1-4(7-13-16-17-14-7)15-20(18,19)6-2-5(9)3-11-8(6)12-10/h2-4,15H,10H2,1H3,(H,11,12)(H,13,14,16,17). The third-order valence-corrected chi connectivity index (χ3v) is 4.31. The number of sulfonamides is 1. The van der Waals surface area contributed by atoms with Gasteiger partial charge in [-0.1, -0.05) is 5.21 Å². The van der Waals surface area contributed by atoms with Crippen LogP contribution in [0.3, 0.4) is 0 Å². The molecule has 20 heavy (non-hydrogen) atoms. The van der Waals surface area contributed by atoms with Crippen LogP contribution in [-0.4, -0.2) is 34.0 Å². The summed E-state index contributed by atoms with van der Waals surface area (Å²) in [7, 11) is -3.86. The summed E-state index contributed by atoms with van der Waals surface area (Å²) in [6.45, 7) is 1.59. The number of pyridine rings is 1. The van der Waals surface area contributed by atoms with Crippen molar-refractivity contribution in [3.05, 3.63) is 22.6 Å². The predicted octanol–water partition coefficient (Wildman–Crippen LogP) is -0.318. The first-order valence-corrected chi connectivity index (χ1v) is 7.59. The van der Waals surface area contributed by atoms with Crippen molar-refractivity contribution in [2.45, 2.75) is 17.9 Å². The van der Waals surface area contributed by atoms with Crippen LogP contribution in [0.2, 0.25) is 0 Å². The molecule has 12 heteroatoms. The summed E-state index contributed by atoms with van der Waals surface area (Å²) < 4.78 is 27.5. The van der Waals surface area contributed by atoms with Crippen LogP contribution in [0, 0.1) is 0 Å². The number of halogens is 1. The first kappa shape index (κ1) is 14.8. The molecule has 2 rings (SSSR count). The molecule has 0 fully saturated rings. The second kappa shape index (κ2) is 5.78. The van der Waals surface area contributed by atoms with Crippen LogP contribution >= 0.6 is 15.9 Å². The maximum atomic E-state index is 12.3. The topological polar surface area (TPSA) is 152 Å². The average molecular weight is 363 g/mol. The molecule has 1 atom stereocenters. The van der Waals surface area contributed by atoms with Gasteiger partial charge in [0, 0.05) is 10.7 Å². The molecular weight excluding hydrogens is 352 g/mol. The highest BCUT2D eigenvalue weighted by atomic mass is 79.9. The number of hydrogen-bond acceptors (Lipinski definition) is 8. The van der Waals surface area contributed by atoms with Crippen LogP contribution in [0.15, 0.2) is 21.6 Å². The number of rotatable bonds is 5. The molecule has 0 aliphatic carbocycles. The van der Waals surface area contributed by atoms with Crippen molar-refractivity contribution in [2.24, 2.45) is 5.84 Å². The number of nitrogen functional groups attached to an aromatic ring is 1. The minimum atomic E-state index is -3.86. The van der Waals surface area contributed by atoms with E-state index in [1.807, 2.05) is 0 Å². The molecule has 2 heterocycles. The van der Waals surface area contributed by atoms with Gasteiger partial charge < -0.3 is 5.43 Å². The fourth-order valence-corrected chi connectivity index (χ4v) is 3.26. The number of anilines is 1. The van der Waals surface area contributed by atoms with E-state index in [0.717, 1.165) is 0 Å². The highest BCUT2D eigenvalue weighted by Crippen LogP contribution is 2.23. The van der Waals surface area contributed by atoms with Crippen molar-refractivity contribution in [2.75, 3.05) is 5.43 Å². The van der Waals surface area contributed by atoms with Gasteiger partial charge in [0.1, 0.15) is 4.90 Å². The second-order valence-electron chi connectivity index (χ2n) is 3.76. The molecule has 0 aromatic carbocycles. The Morgan fingerprint density at radius 3 is 2.85 bits per heavy atom. The van der Waals surface area contributed by atoms with E-state index in [1.165, 1.54) is 12.3 Å². The summed E-state index contributed by atoms with van der Waals surface area (Å²) in [5, 5.41) is 13.1. The predicted molar refractivity (Wildman–Crippen MR) is 72.7 cm³/mol. The Kier molecular flexibility index (Phi) is 4.27.